The molecule has 1 aliphatic heterocycles. The lowest BCUT2D eigenvalue weighted by Crippen LogP contribution is -2.41. The maximum atomic E-state index is 13.1. The molecule has 1 fully saturated rings. The highest BCUT2D eigenvalue weighted by Crippen LogP contribution is 2.33. The molecule has 1 aromatic heterocycles. The molecule has 1 aliphatic rings. The number of benzene rings is 2. The van der Waals surface area contributed by atoms with Crippen molar-refractivity contribution in [1.29, 1.82) is 0 Å². The van der Waals surface area contributed by atoms with Crippen molar-refractivity contribution in [3.8, 4) is 0 Å². The minimum absolute atomic E-state index is 0.00995. The van der Waals surface area contributed by atoms with Crippen molar-refractivity contribution in [3.63, 3.8) is 0 Å². The first kappa shape index (κ1) is 22.9. The van der Waals surface area contributed by atoms with Crippen molar-refractivity contribution in [1.82, 2.24) is 4.31 Å². The molecular weight excluding hydrogens is 451 g/mol. The van der Waals surface area contributed by atoms with Crippen LogP contribution in [0.4, 0.5) is 10.1 Å². The number of piperidine rings is 1. The number of esters is 1. The van der Waals surface area contributed by atoms with E-state index >= 15 is 0 Å². The summed E-state index contributed by atoms with van der Waals surface area (Å²) in [6.07, 6.45) is 0.605. The van der Waals surface area contributed by atoms with E-state index in [-0.39, 0.29) is 41.9 Å². The van der Waals surface area contributed by atoms with Gasteiger partial charge in [-0.2, -0.15) is 4.31 Å². The summed E-state index contributed by atoms with van der Waals surface area (Å²) in [7, 11) is -3.77. The van der Waals surface area contributed by atoms with Gasteiger partial charge in [-0.1, -0.05) is 12.1 Å². The van der Waals surface area contributed by atoms with Gasteiger partial charge in [0.25, 0.3) is 0 Å². The maximum absolute atomic E-state index is 13.1. The zero-order chi connectivity index (χ0) is 23.6. The fourth-order valence-electron chi connectivity index (χ4n) is 3.85. The Balaban J connectivity index is 1.48. The monoisotopic (exact) mass is 474 g/mol. The van der Waals surface area contributed by atoms with E-state index in [4.69, 9.17) is 9.15 Å². The Labute approximate surface area is 190 Å². The Morgan fingerprint density at radius 1 is 1.12 bits per heavy atom. The van der Waals surface area contributed by atoms with Crippen LogP contribution >= 0.6 is 0 Å². The molecule has 3 aromatic rings. The number of nitrogens with zero attached hydrogens (tertiary/aromatic N) is 1. The number of furan rings is 1. The van der Waals surface area contributed by atoms with E-state index < -0.39 is 27.7 Å². The molecule has 0 bridgehead atoms. The number of hydrogen-bond donors (Lipinski definition) is 1. The second-order valence-corrected chi connectivity index (χ2v) is 9.58. The third-order valence-corrected chi connectivity index (χ3v) is 7.49. The first-order valence-electron chi connectivity index (χ1n) is 10.6. The van der Waals surface area contributed by atoms with E-state index in [2.05, 4.69) is 5.32 Å². The van der Waals surface area contributed by atoms with Crippen molar-refractivity contribution in [2.75, 3.05) is 25.0 Å². The van der Waals surface area contributed by atoms with Crippen LogP contribution in [-0.2, 0) is 19.6 Å². The Bertz CT molecular complexity index is 1280. The number of amides is 1. The number of hydrogen-bond acceptors (Lipinski definition) is 6. The first-order chi connectivity index (χ1) is 15.8. The number of anilines is 1. The number of sulfonamides is 1. The van der Waals surface area contributed by atoms with E-state index in [1.54, 1.807) is 31.2 Å². The second kappa shape index (κ2) is 9.32. The molecule has 0 unspecified atom stereocenters. The number of fused-ring (bicyclic) bond motifs is 1. The fourth-order valence-corrected chi connectivity index (χ4v) is 5.32. The molecule has 0 saturated carbocycles. The third kappa shape index (κ3) is 4.62. The molecule has 1 amide bonds. The first-order valence-corrected chi connectivity index (χ1v) is 12.0. The summed E-state index contributed by atoms with van der Waals surface area (Å²) in [5.41, 5.74) is 0.687. The van der Waals surface area contributed by atoms with E-state index in [1.807, 2.05) is 0 Å². The Morgan fingerprint density at radius 2 is 1.79 bits per heavy atom. The molecule has 1 saturated heterocycles. The zero-order valence-electron chi connectivity index (χ0n) is 17.9. The van der Waals surface area contributed by atoms with Crippen molar-refractivity contribution >= 4 is 38.6 Å². The van der Waals surface area contributed by atoms with Gasteiger partial charge in [0.15, 0.2) is 0 Å². The summed E-state index contributed by atoms with van der Waals surface area (Å²) in [6, 6.07) is 11.6. The molecule has 0 radical (unpaired) electrons. The van der Waals surface area contributed by atoms with Crippen LogP contribution in [0.1, 0.15) is 30.3 Å². The Hall–Kier alpha value is -3.24. The number of para-hydroxylation sites is 1. The lowest BCUT2D eigenvalue weighted by Gasteiger charge is -2.30. The predicted molar refractivity (Wildman–Crippen MR) is 119 cm³/mol. The maximum Gasteiger partial charge on any atom is 0.376 e. The van der Waals surface area contributed by atoms with Crippen LogP contribution < -0.4 is 5.32 Å². The SMILES string of the molecule is CCOC(=O)c1oc2ccccc2c1NC(=O)C1CCN(S(=O)(=O)c2ccc(F)cc2)CC1. The van der Waals surface area contributed by atoms with Crippen molar-refractivity contribution in [3.05, 3.63) is 60.1 Å². The van der Waals surface area contributed by atoms with Gasteiger partial charge in [-0.05, 0) is 56.2 Å². The topological polar surface area (TPSA) is 106 Å². The zero-order valence-corrected chi connectivity index (χ0v) is 18.7. The van der Waals surface area contributed by atoms with E-state index in [0.717, 1.165) is 12.1 Å². The molecule has 0 spiro atoms. The van der Waals surface area contributed by atoms with Gasteiger partial charge in [-0.25, -0.2) is 17.6 Å². The molecule has 2 heterocycles. The van der Waals surface area contributed by atoms with Crippen LogP contribution in [0.2, 0.25) is 0 Å². The number of ether oxygens (including phenoxy) is 1. The van der Waals surface area contributed by atoms with Crippen LogP contribution in [0.25, 0.3) is 11.0 Å². The summed E-state index contributed by atoms with van der Waals surface area (Å²) in [5.74, 6) is -2.05. The van der Waals surface area contributed by atoms with Gasteiger partial charge in [0, 0.05) is 24.4 Å². The van der Waals surface area contributed by atoms with E-state index in [0.29, 0.717) is 23.8 Å². The van der Waals surface area contributed by atoms with E-state index in [1.165, 1.54) is 16.4 Å². The minimum Gasteiger partial charge on any atom is -0.460 e. The Kier molecular flexibility index (Phi) is 6.48. The van der Waals surface area contributed by atoms with Crippen LogP contribution in [0, 0.1) is 11.7 Å². The summed E-state index contributed by atoms with van der Waals surface area (Å²) in [4.78, 5) is 25.3. The van der Waals surface area contributed by atoms with E-state index in [9.17, 15) is 22.4 Å². The van der Waals surface area contributed by atoms with Gasteiger partial charge < -0.3 is 14.5 Å². The lowest BCUT2D eigenvalue weighted by molar-refractivity contribution is -0.120. The van der Waals surface area contributed by atoms with Crippen LogP contribution in [0.5, 0.6) is 0 Å². The molecule has 8 nitrogen and oxygen atoms in total. The molecule has 10 heteroatoms. The quantitative estimate of drug-likeness (QED) is 0.545. The van der Waals surface area contributed by atoms with Crippen LogP contribution in [-0.4, -0.2) is 44.3 Å². The number of carbonyl (C=O) groups excluding carboxylic acids is 2. The molecule has 0 atom stereocenters. The highest BCUT2D eigenvalue weighted by atomic mass is 32.2. The minimum atomic E-state index is -3.77. The average molecular weight is 475 g/mol. The molecule has 174 valence electrons. The molecule has 33 heavy (non-hydrogen) atoms. The Morgan fingerprint density at radius 3 is 2.45 bits per heavy atom. The van der Waals surface area contributed by atoms with Gasteiger partial charge in [0.2, 0.25) is 21.7 Å². The molecule has 2 aromatic carbocycles. The number of halogens is 1. The number of rotatable bonds is 6. The smallest absolute Gasteiger partial charge is 0.376 e. The number of carbonyl (C=O) groups is 2. The molecular formula is C23H23FN2O6S. The van der Waals surface area contributed by atoms with Gasteiger partial charge in [0.1, 0.15) is 17.1 Å². The second-order valence-electron chi connectivity index (χ2n) is 7.64. The average Bonchev–Trinajstić information content (AvgIpc) is 3.18. The largest absolute Gasteiger partial charge is 0.460 e. The fraction of sp³-hybridized carbons (Fsp3) is 0.304. The van der Waals surface area contributed by atoms with Gasteiger partial charge in [-0.3, -0.25) is 4.79 Å². The third-order valence-electron chi connectivity index (χ3n) is 5.58. The summed E-state index contributed by atoms with van der Waals surface area (Å²) in [5, 5.41) is 3.37. The normalized spacial score (nSPS) is 15.5. The van der Waals surface area contributed by atoms with Gasteiger partial charge >= 0.3 is 5.97 Å². The van der Waals surface area contributed by atoms with Crippen molar-refractivity contribution in [2.45, 2.75) is 24.7 Å². The summed E-state index contributed by atoms with van der Waals surface area (Å²) in [6.45, 7) is 2.13. The summed E-state index contributed by atoms with van der Waals surface area (Å²) >= 11 is 0. The van der Waals surface area contributed by atoms with Crippen LogP contribution in [0.15, 0.2) is 57.8 Å². The van der Waals surface area contributed by atoms with Crippen LogP contribution in [0.3, 0.4) is 0 Å². The van der Waals surface area contributed by atoms with Crippen molar-refractivity contribution in [2.24, 2.45) is 5.92 Å². The van der Waals surface area contributed by atoms with Crippen molar-refractivity contribution < 1.29 is 31.6 Å². The predicted octanol–water partition coefficient (Wildman–Crippen LogP) is 3.79. The van der Waals surface area contributed by atoms with Gasteiger partial charge in [-0.15, -0.1) is 0 Å². The highest BCUT2D eigenvalue weighted by Gasteiger charge is 2.33. The number of nitrogens with one attached hydrogen (secondary N) is 1. The summed E-state index contributed by atoms with van der Waals surface area (Å²) < 4.78 is 50.7. The molecule has 0 aliphatic carbocycles. The van der Waals surface area contributed by atoms with Gasteiger partial charge in [0.05, 0.1) is 11.5 Å². The lowest BCUT2D eigenvalue weighted by atomic mass is 9.97. The molecule has 4 rings (SSSR count). The highest BCUT2D eigenvalue weighted by molar-refractivity contribution is 7.89. The molecule has 1 N–H and O–H groups in total. The standard InChI is InChI=1S/C23H23FN2O6S/c1-2-31-23(28)21-20(18-5-3-4-6-19(18)32-21)25-22(27)15-11-13-26(14-12-15)33(29,30)17-9-7-16(24)8-10-17/h3-10,15H,2,11-14H2,1H3,(H,25,27).